The second-order valence-electron chi connectivity index (χ2n) is 7.69. The lowest BCUT2D eigenvalue weighted by molar-refractivity contribution is -0.386. The molecular formula is C25H20FN3O5S. The van der Waals surface area contributed by atoms with Crippen molar-refractivity contribution in [3.8, 4) is 11.5 Å². The van der Waals surface area contributed by atoms with Crippen molar-refractivity contribution in [2.24, 2.45) is 0 Å². The van der Waals surface area contributed by atoms with E-state index in [-0.39, 0.29) is 34.8 Å². The van der Waals surface area contributed by atoms with Crippen molar-refractivity contribution in [2.75, 3.05) is 12.0 Å². The fourth-order valence-electron chi connectivity index (χ4n) is 3.58. The first-order valence-electron chi connectivity index (χ1n) is 10.4. The number of nitro groups is 1. The smallest absolute Gasteiger partial charge is 0.311 e. The molecule has 1 aliphatic heterocycles. The number of aryl methyl sites for hydroxylation is 1. The molecule has 0 aromatic heterocycles. The molecule has 1 fully saturated rings. The van der Waals surface area contributed by atoms with Crippen LogP contribution in [0.3, 0.4) is 0 Å². The first kappa shape index (κ1) is 23.8. The van der Waals surface area contributed by atoms with Gasteiger partial charge in [-0.05, 0) is 78.8 Å². The maximum Gasteiger partial charge on any atom is 0.311 e. The zero-order valence-electron chi connectivity index (χ0n) is 18.8. The molecule has 10 heteroatoms. The number of carbonyl (C=O) groups is 1. The average Bonchev–Trinajstić information content (AvgIpc) is 3.11. The summed E-state index contributed by atoms with van der Waals surface area (Å²) >= 11 is 5.29. The number of rotatable bonds is 7. The lowest BCUT2D eigenvalue weighted by atomic mass is 10.1. The fourth-order valence-corrected chi connectivity index (χ4v) is 3.87. The summed E-state index contributed by atoms with van der Waals surface area (Å²) in [6.07, 6.45) is 1.62. The van der Waals surface area contributed by atoms with Crippen molar-refractivity contribution in [1.29, 1.82) is 0 Å². The summed E-state index contributed by atoms with van der Waals surface area (Å²) in [6, 6.07) is 15.4. The minimum atomic E-state index is -0.493. The van der Waals surface area contributed by atoms with Gasteiger partial charge in [0.1, 0.15) is 23.9 Å². The van der Waals surface area contributed by atoms with E-state index in [9.17, 15) is 19.3 Å². The summed E-state index contributed by atoms with van der Waals surface area (Å²) < 4.78 is 24.4. The number of nitrogens with zero attached hydrogens (tertiary/aromatic N) is 2. The quantitative estimate of drug-likeness (QED) is 0.217. The van der Waals surface area contributed by atoms with Crippen molar-refractivity contribution in [3.05, 3.63) is 99.0 Å². The Hall–Kier alpha value is -4.31. The number of hydrogen-bond acceptors (Lipinski definition) is 6. The van der Waals surface area contributed by atoms with E-state index in [0.717, 1.165) is 5.56 Å². The molecule has 0 bridgehead atoms. The van der Waals surface area contributed by atoms with Gasteiger partial charge in [-0.2, -0.15) is 0 Å². The Kier molecular flexibility index (Phi) is 6.74. The molecular weight excluding hydrogens is 473 g/mol. The first-order valence-corrected chi connectivity index (χ1v) is 10.8. The van der Waals surface area contributed by atoms with E-state index >= 15 is 0 Å². The number of ether oxygens (including phenoxy) is 2. The lowest BCUT2D eigenvalue weighted by Crippen LogP contribution is -2.30. The summed E-state index contributed by atoms with van der Waals surface area (Å²) in [5.41, 5.74) is 2.59. The summed E-state index contributed by atoms with van der Waals surface area (Å²) in [5.74, 6) is -0.139. The van der Waals surface area contributed by atoms with E-state index in [1.807, 2.05) is 0 Å². The van der Waals surface area contributed by atoms with Crippen molar-refractivity contribution >= 4 is 40.7 Å². The van der Waals surface area contributed by atoms with E-state index in [2.05, 4.69) is 5.32 Å². The lowest BCUT2D eigenvalue weighted by Gasteiger charge is -2.13. The number of nitro benzene ring substituents is 1. The van der Waals surface area contributed by atoms with Crippen LogP contribution in [0.1, 0.15) is 16.7 Å². The summed E-state index contributed by atoms with van der Waals surface area (Å²) in [4.78, 5) is 25.1. The predicted octanol–water partition coefficient (Wildman–Crippen LogP) is 4.89. The third-order valence-corrected chi connectivity index (χ3v) is 5.56. The molecule has 1 N–H and O–H groups in total. The number of benzene rings is 3. The topological polar surface area (TPSA) is 93.9 Å². The standard InChI is InChI=1S/C25H20FN3O5S/c1-15-3-9-23(21(11-15)29(31)32)34-14-17-12-16(4-10-22(17)33-2)13-20-24(30)28(25(35)27-20)19-7-5-18(26)6-8-19/h3-13H,14H2,1-2H3,(H,27,35)/b20-13+. The zero-order chi connectivity index (χ0) is 25.1. The van der Waals surface area contributed by atoms with Crippen molar-refractivity contribution in [3.63, 3.8) is 0 Å². The van der Waals surface area contributed by atoms with Crippen LogP contribution in [0.5, 0.6) is 11.5 Å². The molecule has 35 heavy (non-hydrogen) atoms. The van der Waals surface area contributed by atoms with Crippen LogP contribution in [-0.2, 0) is 11.4 Å². The zero-order valence-corrected chi connectivity index (χ0v) is 19.6. The van der Waals surface area contributed by atoms with Gasteiger partial charge >= 0.3 is 5.69 Å². The summed E-state index contributed by atoms with van der Waals surface area (Å²) in [6.45, 7) is 1.77. The Balaban J connectivity index is 1.58. The highest BCUT2D eigenvalue weighted by Gasteiger charge is 2.32. The number of halogens is 1. The highest BCUT2D eigenvalue weighted by atomic mass is 32.1. The van der Waals surface area contributed by atoms with Gasteiger partial charge in [0.25, 0.3) is 5.91 Å². The van der Waals surface area contributed by atoms with Crippen LogP contribution in [0, 0.1) is 22.9 Å². The molecule has 178 valence electrons. The molecule has 1 aliphatic rings. The SMILES string of the molecule is COc1ccc(/C=C2/NC(=S)N(c3ccc(F)cc3)C2=O)cc1COc1ccc(C)cc1[N+](=O)[O-]. The third-order valence-electron chi connectivity index (χ3n) is 5.27. The Morgan fingerprint density at radius 2 is 1.83 bits per heavy atom. The first-order chi connectivity index (χ1) is 16.8. The molecule has 4 rings (SSSR count). The minimum Gasteiger partial charge on any atom is -0.496 e. The molecule has 8 nitrogen and oxygen atoms in total. The van der Waals surface area contributed by atoms with E-state index in [0.29, 0.717) is 22.6 Å². The number of hydrogen-bond donors (Lipinski definition) is 1. The molecule has 0 aliphatic carbocycles. The van der Waals surface area contributed by atoms with E-state index in [4.69, 9.17) is 21.7 Å². The molecule has 0 atom stereocenters. The fraction of sp³-hybridized carbons (Fsp3) is 0.120. The highest BCUT2D eigenvalue weighted by molar-refractivity contribution is 7.80. The van der Waals surface area contributed by atoms with Crippen LogP contribution in [0.4, 0.5) is 15.8 Å². The van der Waals surface area contributed by atoms with Gasteiger partial charge in [-0.15, -0.1) is 0 Å². The molecule has 3 aromatic carbocycles. The number of methoxy groups -OCH3 is 1. The molecule has 0 unspecified atom stereocenters. The largest absolute Gasteiger partial charge is 0.496 e. The summed E-state index contributed by atoms with van der Waals surface area (Å²) in [5, 5.41) is 14.4. The molecule has 0 radical (unpaired) electrons. The van der Waals surface area contributed by atoms with Crippen molar-refractivity contribution in [2.45, 2.75) is 13.5 Å². The maximum atomic E-state index is 13.3. The third kappa shape index (κ3) is 5.12. The molecule has 3 aromatic rings. The Bertz CT molecular complexity index is 1360. The van der Waals surface area contributed by atoms with Crippen molar-refractivity contribution < 1.29 is 23.6 Å². The Labute approximate surface area is 205 Å². The highest BCUT2D eigenvalue weighted by Crippen LogP contribution is 2.30. The number of anilines is 1. The second kappa shape index (κ2) is 9.90. The van der Waals surface area contributed by atoms with E-state index < -0.39 is 10.7 Å². The number of nitrogens with one attached hydrogen (secondary N) is 1. The van der Waals surface area contributed by atoms with E-state index in [1.165, 1.54) is 42.3 Å². The monoisotopic (exact) mass is 493 g/mol. The van der Waals surface area contributed by atoms with Crippen LogP contribution < -0.4 is 19.7 Å². The molecule has 0 saturated carbocycles. The Morgan fingerprint density at radius 1 is 1.11 bits per heavy atom. The van der Waals surface area contributed by atoms with Crippen molar-refractivity contribution in [1.82, 2.24) is 5.32 Å². The molecule has 0 spiro atoms. The van der Waals surface area contributed by atoms with Crippen LogP contribution in [0.2, 0.25) is 0 Å². The van der Waals surface area contributed by atoms with Crippen LogP contribution in [0.25, 0.3) is 6.08 Å². The predicted molar refractivity (Wildman–Crippen MR) is 133 cm³/mol. The van der Waals surface area contributed by atoms with Gasteiger partial charge in [0.05, 0.1) is 17.7 Å². The normalized spacial score (nSPS) is 14.3. The maximum absolute atomic E-state index is 13.3. The van der Waals surface area contributed by atoms with Gasteiger partial charge in [0.2, 0.25) is 0 Å². The van der Waals surface area contributed by atoms with Crippen LogP contribution in [0.15, 0.2) is 66.4 Å². The second-order valence-corrected chi connectivity index (χ2v) is 8.08. The van der Waals surface area contributed by atoms with E-state index in [1.54, 1.807) is 43.3 Å². The van der Waals surface area contributed by atoms with Gasteiger partial charge in [0.15, 0.2) is 10.9 Å². The number of amides is 1. The van der Waals surface area contributed by atoms with Gasteiger partial charge in [-0.1, -0.05) is 12.1 Å². The number of carbonyl (C=O) groups excluding carboxylic acids is 1. The Morgan fingerprint density at radius 3 is 2.51 bits per heavy atom. The molecule has 1 saturated heterocycles. The van der Waals surface area contributed by atoms with Crippen LogP contribution >= 0.6 is 12.2 Å². The van der Waals surface area contributed by atoms with Crippen LogP contribution in [-0.4, -0.2) is 23.1 Å². The molecule has 1 heterocycles. The molecule has 1 amide bonds. The van der Waals surface area contributed by atoms with Gasteiger partial charge in [-0.25, -0.2) is 4.39 Å². The van der Waals surface area contributed by atoms with Gasteiger partial charge < -0.3 is 14.8 Å². The minimum absolute atomic E-state index is 0.00553. The van der Waals surface area contributed by atoms with Gasteiger partial charge in [-0.3, -0.25) is 19.8 Å². The number of thiocarbonyl (C=S) groups is 1. The van der Waals surface area contributed by atoms with Gasteiger partial charge in [0, 0.05) is 11.6 Å². The summed E-state index contributed by atoms with van der Waals surface area (Å²) in [7, 11) is 1.51. The average molecular weight is 494 g/mol.